The van der Waals surface area contributed by atoms with Gasteiger partial charge in [0, 0.05) is 5.56 Å². The third kappa shape index (κ3) is 3.64. The molecular formula is C16H15BrF2O. The van der Waals surface area contributed by atoms with Crippen molar-refractivity contribution in [2.24, 2.45) is 0 Å². The van der Waals surface area contributed by atoms with E-state index in [9.17, 15) is 13.9 Å². The zero-order valence-corrected chi connectivity index (χ0v) is 12.4. The summed E-state index contributed by atoms with van der Waals surface area (Å²) in [5.41, 5.74) is 0.891. The largest absolute Gasteiger partial charge is 0.388 e. The van der Waals surface area contributed by atoms with Crippen molar-refractivity contribution < 1.29 is 13.9 Å². The van der Waals surface area contributed by atoms with Gasteiger partial charge in [0.1, 0.15) is 11.6 Å². The number of rotatable bonds is 5. The molecule has 0 amide bonds. The van der Waals surface area contributed by atoms with E-state index < -0.39 is 17.7 Å². The van der Waals surface area contributed by atoms with E-state index in [2.05, 4.69) is 15.9 Å². The van der Waals surface area contributed by atoms with Gasteiger partial charge in [0.15, 0.2) is 0 Å². The van der Waals surface area contributed by atoms with E-state index in [1.807, 2.05) is 30.3 Å². The fourth-order valence-corrected chi connectivity index (χ4v) is 2.48. The molecular weight excluding hydrogens is 326 g/mol. The van der Waals surface area contributed by atoms with Crippen LogP contribution in [0.25, 0.3) is 0 Å². The molecule has 0 spiro atoms. The van der Waals surface area contributed by atoms with E-state index in [4.69, 9.17) is 0 Å². The Hall–Kier alpha value is -1.26. The predicted molar refractivity (Wildman–Crippen MR) is 78.4 cm³/mol. The van der Waals surface area contributed by atoms with Crippen molar-refractivity contribution in [1.29, 1.82) is 0 Å². The molecule has 0 aromatic heterocycles. The van der Waals surface area contributed by atoms with E-state index in [1.54, 1.807) is 0 Å². The molecule has 0 saturated heterocycles. The van der Waals surface area contributed by atoms with Crippen LogP contribution in [0.4, 0.5) is 8.78 Å². The van der Waals surface area contributed by atoms with Gasteiger partial charge in [0.25, 0.3) is 0 Å². The molecule has 2 aromatic carbocycles. The zero-order valence-electron chi connectivity index (χ0n) is 10.8. The van der Waals surface area contributed by atoms with E-state index in [-0.39, 0.29) is 16.5 Å². The van der Waals surface area contributed by atoms with Crippen molar-refractivity contribution in [1.82, 2.24) is 0 Å². The molecule has 2 rings (SSSR count). The lowest BCUT2D eigenvalue weighted by Gasteiger charge is -2.11. The SMILES string of the molecule is OC(CCCc1c(F)ccc(Br)c1F)c1ccccc1. The highest BCUT2D eigenvalue weighted by molar-refractivity contribution is 9.10. The standard InChI is InChI=1S/C16H15BrF2O/c17-13-9-10-14(18)12(16(13)19)7-4-8-15(20)11-5-2-1-3-6-11/h1-3,5-6,9-10,15,20H,4,7-8H2. The molecule has 0 saturated carbocycles. The van der Waals surface area contributed by atoms with E-state index in [0.29, 0.717) is 12.8 Å². The molecule has 0 aliphatic heterocycles. The van der Waals surface area contributed by atoms with Crippen LogP contribution in [0.5, 0.6) is 0 Å². The lowest BCUT2D eigenvalue weighted by atomic mass is 10.0. The number of aliphatic hydroxyl groups is 1. The van der Waals surface area contributed by atoms with Gasteiger partial charge in [-0.25, -0.2) is 8.78 Å². The molecule has 1 unspecified atom stereocenters. The summed E-state index contributed by atoms with van der Waals surface area (Å²) in [5, 5.41) is 9.99. The summed E-state index contributed by atoms with van der Waals surface area (Å²) in [6.07, 6.45) is 0.644. The maximum Gasteiger partial charge on any atom is 0.143 e. The molecule has 0 fully saturated rings. The monoisotopic (exact) mass is 340 g/mol. The Morgan fingerprint density at radius 1 is 1.05 bits per heavy atom. The van der Waals surface area contributed by atoms with Crippen LogP contribution in [0.1, 0.15) is 30.1 Å². The quantitative estimate of drug-likeness (QED) is 0.776. The first-order valence-electron chi connectivity index (χ1n) is 6.45. The summed E-state index contributed by atoms with van der Waals surface area (Å²) < 4.78 is 27.6. The fourth-order valence-electron chi connectivity index (χ4n) is 2.11. The van der Waals surface area contributed by atoms with Crippen LogP contribution in [-0.4, -0.2) is 5.11 Å². The molecule has 0 aliphatic rings. The van der Waals surface area contributed by atoms with Gasteiger partial charge in [0.05, 0.1) is 10.6 Å². The fraction of sp³-hybridized carbons (Fsp3) is 0.250. The normalized spacial score (nSPS) is 12.4. The van der Waals surface area contributed by atoms with Gasteiger partial charge < -0.3 is 5.11 Å². The van der Waals surface area contributed by atoms with Gasteiger partial charge in [-0.2, -0.15) is 0 Å². The summed E-state index contributed by atoms with van der Waals surface area (Å²) in [5.74, 6) is -1.10. The number of halogens is 3. The van der Waals surface area contributed by atoms with Crippen molar-refractivity contribution in [3.8, 4) is 0 Å². The van der Waals surface area contributed by atoms with Gasteiger partial charge in [-0.15, -0.1) is 0 Å². The highest BCUT2D eigenvalue weighted by Gasteiger charge is 2.13. The molecule has 1 nitrogen and oxygen atoms in total. The highest BCUT2D eigenvalue weighted by atomic mass is 79.9. The van der Waals surface area contributed by atoms with Crippen LogP contribution in [0, 0.1) is 11.6 Å². The first-order valence-corrected chi connectivity index (χ1v) is 7.24. The molecule has 20 heavy (non-hydrogen) atoms. The van der Waals surface area contributed by atoms with Crippen molar-refractivity contribution in [3.05, 3.63) is 69.7 Å². The Balaban J connectivity index is 1.95. The second-order valence-electron chi connectivity index (χ2n) is 4.64. The maximum atomic E-state index is 13.8. The Labute approximate surface area is 125 Å². The molecule has 0 radical (unpaired) electrons. The average molecular weight is 341 g/mol. The summed E-state index contributed by atoms with van der Waals surface area (Å²) in [7, 11) is 0. The topological polar surface area (TPSA) is 20.2 Å². The summed E-state index contributed by atoms with van der Waals surface area (Å²) >= 11 is 3.05. The van der Waals surface area contributed by atoms with Crippen molar-refractivity contribution in [2.75, 3.05) is 0 Å². The van der Waals surface area contributed by atoms with Crippen LogP contribution < -0.4 is 0 Å². The number of aliphatic hydroxyl groups excluding tert-OH is 1. The number of hydrogen-bond donors (Lipinski definition) is 1. The van der Waals surface area contributed by atoms with E-state index in [1.165, 1.54) is 12.1 Å². The number of hydrogen-bond acceptors (Lipinski definition) is 1. The zero-order chi connectivity index (χ0) is 14.5. The van der Waals surface area contributed by atoms with Crippen LogP contribution in [0.3, 0.4) is 0 Å². The second kappa shape index (κ2) is 6.95. The average Bonchev–Trinajstić information content (AvgIpc) is 2.47. The minimum absolute atomic E-state index is 0.0691. The Morgan fingerprint density at radius 3 is 2.45 bits per heavy atom. The Bertz CT molecular complexity index is 572. The molecule has 4 heteroatoms. The third-order valence-corrected chi connectivity index (χ3v) is 3.84. The first-order chi connectivity index (χ1) is 9.59. The lowest BCUT2D eigenvalue weighted by Crippen LogP contribution is -2.01. The summed E-state index contributed by atoms with van der Waals surface area (Å²) in [6.45, 7) is 0. The molecule has 106 valence electrons. The van der Waals surface area contributed by atoms with Gasteiger partial charge in [-0.3, -0.25) is 0 Å². The van der Waals surface area contributed by atoms with Crippen LogP contribution >= 0.6 is 15.9 Å². The molecule has 0 heterocycles. The van der Waals surface area contributed by atoms with Crippen LogP contribution in [0.2, 0.25) is 0 Å². The molecule has 1 N–H and O–H groups in total. The summed E-state index contributed by atoms with van der Waals surface area (Å²) in [6, 6.07) is 11.9. The van der Waals surface area contributed by atoms with Gasteiger partial charge in [-0.1, -0.05) is 30.3 Å². The smallest absolute Gasteiger partial charge is 0.143 e. The molecule has 0 bridgehead atoms. The molecule has 2 aromatic rings. The van der Waals surface area contributed by atoms with Crippen LogP contribution in [0.15, 0.2) is 46.9 Å². The van der Waals surface area contributed by atoms with Crippen molar-refractivity contribution in [2.45, 2.75) is 25.4 Å². The van der Waals surface area contributed by atoms with Gasteiger partial charge >= 0.3 is 0 Å². The summed E-state index contributed by atoms with van der Waals surface area (Å²) in [4.78, 5) is 0. The molecule has 1 atom stereocenters. The Morgan fingerprint density at radius 2 is 1.75 bits per heavy atom. The number of benzene rings is 2. The highest BCUT2D eigenvalue weighted by Crippen LogP contribution is 2.25. The lowest BCUT2D eigenvalue weighted by molar-refractivity contribution is 0.164. The van der Waals surface area contributed by atoms with Crippen molar-refractivity contribution >= 4 is 15.9 Å². The first kappa shape index (κ1) is 15.1. The predicted octanol–water partition coefficient (Wildman–Crippen LogP) is 4.78. The Kier molecular flexibility index (Phi) is 5.26. The van der Waals surface area contributed by atoms with E-state index >= 15 is 0 Å². The van der Waals surface area contributed by atoms with Crippen LogP contribution in [-0.2, 0) is 6.42 Å². The van der Waals surface area contributed by atoms with Crippen molar-refractivity contribution in [3.63, 3.8) is 0 Å². The van der Waals surface area contributed by atoms with Gasteiger partial charge in [-0.05, 0) is 52.9 Å². The minimum Gasteiger partial charge on any atom is -0.388 e. The maximum absolute atomic E-state index is 13.8. The third-order valence-electron chi connectivity index (χ3n) is 3.23. The van der Waals surface area contributed by atoms with E-state index in [0.717, 1.165) is 5.56 Å². The molecule has 0 aliphatic carbocycles. The second-order valence-corrected chi connectivity index (χ2v) is 5.49. The van der Waals surface area contributed by atoms with Gasteiger partial charge in [0.2, 0.25) is 0 Å². The minimum atomic E-state index is -0.602.